The van der Waals surface area contributed by atoms with Crippen LogP contribution in [-0.4, -0.2) is 50.8 Å². The Morgan fingerprint density at radius 3 is 2.45 bits per heavy atom. The molecule has 33 heavy (non-hydrogen) atoms. The van der Waals surface area contributed by atoms with Crippen molar-refractivity contribution < 1.29 is 24.1 Å². The third-order valence-electron chi connectivity index (χ3n) is 5.66. The van der Waals surface area contributed by atoms with Crippen LogP contribution in [0.25, 0.3) is 0 Å². The Kier molecular flexibility index (Phi) is 7.65. The molecule has 2 unspecified atom stereocenters. The average Bonchev–Trinajstić information content (AvgIpc) is 2.92. The Morgan fingerprint density at radius 2 is 1.82 bits per heavy atom. The molecule has 0 saturated carbocycles. The van der Waals surface area contributed by atoms with E-state index in [-0.39, 0.29) is 0 Å². The standard InChI is InChI=1S/C26H36N2O5/c1-24(2,3)33-23(30)28-25(4,5)32-22(29)26(28,19-20-13-7-6-8-14-20)16-10-12-18-31-21-15-9-11-17-27-21/h6-9,11,13-15,17,22,29H,10,12,16,18-19H2,1-5H3. The number of hydrogen-bond acceptors (Lipinski definition) is 6. The van der Waals surface area contributed by atoms with Crippen molar-refractivity contribution in [3.63, 3.8) is 0 Å². The Labute approximate surface area is 196 Å². The van der Waals surface area contributed by atoms with E-state index >= 15 is 0 Å². The molecule has 1 aliphatic heterocycles. The van der Waals surface area contributed by atoms with Crippen LogP contribution >= 0.6 is 0 Å². The van der Waals surface area contributed by atoms with Crippen molar-refractivity contribution in [2.24, 2.45) is 0 Å². The lowest BCUT2D eigenvalue weighted by atomic mass is 9.83. The molecule has 0 aliphatic carbocycles. The summed E-state index contributed by atoms with van der Waals surface area (Å²) in [6, 6.07) is 15.4. The molecule has 1 amide bonds. The summed E-state index contributed by atoms with van der Waals surface area (Å²) in [7, 11) is 0. The predicted octanol–water partition coefficient (Wildman–Crippen LogP) is 4.93. The second-order valence-corrected chi connectivity index (χ2v) is 9.97. The Hall–Kier alpha value is -2.64. The van der Waals surface area contributed by atoms with Gasteiger partial charge in [-0.25, -0.2) is 9.78 Å². The van der Waals surface area contributed by atoms with E-state index in [1.807, 2.05) is 69.3 Å². The minimum Gasteiger partial charge on any atom is -0.478 e. The summed E-state index contributed by atoms with van der Waals surface area (Å²) < 4.78 is 17.4. The number of benzene rings is 1. The number of unbranched alkanes of at least 4 members (excludes halogenated alkanes) is 1. The van der Waals surface area contributed by atoms with Crippen LogP contribution in [-0.2, 0) is 15.9 Å². The quantitative estimate of drug-likeness (QED) is 0.567. The maximum atomic E-state index is 13.4. The van der Waals surface area contributed by atoms with Crippen molar-refractivity contribution in [2.75, 3.05) is 6.61 Å². The van der Waals surface area contributed by atoms with Crippen molar-refractivity contribution in [1.29, 1.82) is 0 Å². The minimum absolute atomic E-state index is 0.443. The number of rotatable bonds is 8. The summed E-state index contributed by atoms with van der Waals surface area (Å²) in [6.45, 7) is 9.57. The first-order chi connectivity index (χ1) is 15.5. The maximum absolute atomic E-state index is 13.4. The summed E-state index contributed by atoms with van der Waals surface area (Å²) in [5.41, 5.74) is -1.66. The lowest BCUT2D eigenvalue weighted by Crippen LogP contribution is -2.59. The van der Waals surface area contributed by atoms with Gasteiger partial charge in [-0.2, -0.15) is 0 Å². The Balaban J connectivity index is 1.81. The fraction of sp³-hybridized carbons (Fsp3) is 0.538. The van der Waals surface area contributed by atoms with Crippen molar-refractivity contribution in [2.45, 2.75) is 83.5 Å². The zero-order chi connectivity index (χ0) is 24.1. The molecule has 7 nitrogen and oxygen atoms in total. The SMILES string of the molecule is CC(C)(C)OC(=O)N1C(C)(C)OC(O)C1(CCCCOc1ccccn1)Cc1ccccc1. The zero-order valence-electron chi connectivity index (χ0n) is 20.3. The molecular weight excluding hydrogens is 420 g/mol. The first kappa shape index (κ1) is 25.0. The highest BCUT2D eigenvalue weighted by molar-refractivity contribution is 5.71. The number of aliphatic hydroxyl groups is 1. The van der Waals surface area contributed by atoms with E-state index in [0.29, 0.717) is 25.3 Å². The minimum atomic E-state index is -1.16. The molecule has 0 bridgehead atoms. The van der Waals surface area contributed by atoms with E-state index in [4.69, 9.17) is 14.2 Å². The predicted molar refractivity (Wildman–Crippen MR) is 126 cm³/mol. The number of carbonyl (C=O) groups is 1. The van der Waals surface area contributed by atoms with Gasteiger partial charge in [0.15, 0.2) is 6.29 Å². The van der Waals surface area contributed by atoms with Gasteiger partial charge in [0.05, 0.1) is 6.61 Å². The van der Waals surface area contributed by atoms with Crippen LogP contribution in [0.3, 0.4) is 0 Å². The van der Waals surface area contributed by atoms with Crippen molar-refractivity contribution >= 4 is 6.09 Å². The van der Waals surface area contributed by atoms with Crippen LogP contribution in [0.2, 0.25) is 0 Å². The first-order valence-electron chi connectivity index (χ1n) is 11.5. The summed E-state index contributed by atoms with van der Waals surface area (Å²) in [5.74, 6) is 0.581. The first-order valence-corrected chi connectivity index (χ1v) is 11.5. The third-order valence-corrected chi connectivity index (χ3v) is 5.66. The highest BCUT2D eigenvalue weighted by Gasteiger charge is 2.60. The second-order valence-electron chi connectivity index (χ2n) is 9.97. The van der Waals surface area contributed by atoms with E-state index in [2.05, 4.69) is 4.98 Å². The highest BCUT2D eigenvalue weighted by Crippen LogP contribution is 2.45. The average molecular weight is 457 g/mol. The number of nitrogens with zero attached hydrogens (tertiary/aromatic N) is 2. The summed E-state index contributed by atoms with van der Waals surface area (Å²) in [6.07, 6.45) is 2.46. The number of aromatic nitrogens is 1. The van der Waals surface area contributed by atoms with Crippen LogP contribution in [0.15, 0.2) is 54.7 Å². The van der Waals surface area contributed by atoms with Gasteiger partial charge < -0.3 is 19.3 Å². The molecular formula is C26H36N2O5. The van der Waals surface area contributed by atoms with Crippen molar-refractivity contribution in [3.8, 4) is 5.88 Å². The van der Waals surface area contributed by atoms with E-state index in [9.17, 15) is 9.90 Å². The lowest BCUT2D eigenvalue weighted by Gasteiger charge is -2.43. The van der Waals surface area contributed by atoms with Gasteiger partial charge in [-0.1, -0.05) is 36.4 Å². The Morgan fingerprint density at radius 1 is 1.12 bits per heavy atom. The molecule has 1 fully saturated rings. The maximum Gasteiger partial charge on any atom is 0.413 e. The molecule has 180 valence electrons. The molecule has 1 aliphatic rings. The van der Waals surface area contributed by atoms with E-state index in [0.717, 1.165) is 18.4 Å². The zero-order valence-corrected chi connectivity index (χ0v) is 20.3. The molecule has 3 rings (SSSR count). The highest BCUT2D eigenvalue weighted by atomic mass is 16.7. The monoisotopic (exact) mass is 456 g/mol. The van der Waals surface area contributed by atoms with Gasteiger partial charge in [-0.15, -0.1) is 0 Å². The normalized spacial score (nSPS) is 22.2. The number of pyridine rings is 1. The van der Waals surface area contributed by atoms with Crippen LogP contribution in [0.5, 0.6) is 5.88 Å². The Bertz CT molecular complexity index is 898. The number of aliphatic hydroxyl groups excluding tert-OH is 1. The van der Waals surface area contributed by atoms with Gasteiger partial charge in [-0.05, 0) is 65.5 Å². The third kappa shape index (κ3) is 6.24. The van der Waals surface area contributed by atoms with Crippen LogP contribution < -0.4 is 4.74 Å². The molecule has 1 saturated heterocycles. The summed E-state index contributed by atoms with van der Waals surface area (Å²) in [4.78, 5) is 19.2. The van der Waals surface area contributed by atoms with Gasteiger partial charge >= 0.3 is 6.09 Å². The van der Waals surface area contributed by atoms with Crippen LogP contribution in [0.4, 0.5) is 4.79 Å². The topological polar surface area (TPSA) is 81.1 Å². The number of hydrogen-bond donors (Lipinski definition) is 1. The molecule has 0 spiro atoms. The van der Waals surface area contributed by atoms with E-state index in [1.165, 1.54) is 0 Å². The fourth-order valence-electron chi connectivity index (χ4n) is 4.37. The van der Waals surface area contributed by atoms with E-state index < -0.39 is 29.2 Å². The molecule has 1 aromatic carbocycles. The number of carbonyl (C=O) groups excluding carboxylic acids is 1. The second kappa shape index (κ2) is 10.1. The van der Waals surface area contributed by atoms with Gasteiger partial charge in [0.2, 0.25) is 5.88 Å². The molecule has 2 aromatic rings. The van der Waals surface area contributed by atoms with Crippen LogP contribution in [0, 0.1) is 0 Å². The van der Waals surface area contributed by atoms with Gasteiger partial charge in [0, 0.05) is 18.7 Å². The molecule has 1 N–H and O–H groups in total. The largest absolute Gasteiger partial charge is 0.478 e. The van der Waals surface area contributed by atoms with E-state index in [1.54, 1.807) is 24.9 Å². The molecule has 7 heteroatoms. The van der Waals surface area contributed by atoms with Gasteiger partial charge in [0.25, 0.3) is 0 Å². The van der Waals surface area contributed by atoms with Crippen molar-refractivity contribution in [1.82, 2.24) is 9.88 Å². The van der Waals surface area contributed by atoms with Crippen molar-refractivity contribution in [3.05, 3.63) is 60.3 Å². The smallest absolute Gasteiger partial charge is 0.413 e. The van der Waals surface area contributed by atoms with Gasteiger partial charge in [0.1, 0.15) is 16.9 Å². The summed E-state index contributed by atoms with van der Waals surface area (Å²) >= 11 is 0. The molecule has 2 heterocycles. The molecule has 2 atom stereocenters. The molecule has 0 radical (unpaired) electrons. The fourth-order valence-corrected chi connectivity index (χ4v) is 4.37. The van der Waals surface area contributed by atoms with Gasteiger partial charge in [-0.3, -0.25) is 4.90 Å². The summed E-state index contributed by atoms with van der Waals surface area (Å²) in [5, 5.41) is 11.2. The number of ether oxygens (including phenoxy) is 3. The van der Waals surface area contributed by atoms with Crippen LogP contribution in [0.1, 0.15) is 59.4 Å². The molecule has 1 aromatic heterocycles. The number of amides is 1. The lowest BCUT2D eigenvalue weighted by molar-refractivity contribution is -0.147.